The fourth-order valence-electron chi connectivity index (χ4n) is 2.51. The summed E-state index contributed by atoms with van der Waals surface area (Å²) in [6.07, 6.45) is 2.28. The fourth-order valence-corrected chi connectivity index (χ4v) is 4.79. The summed E-state index contributed by atoms with van der Waals surface area (Å²) in [5.41, 5.74) is 1.08. The smallest absolute Gasteiger partial charge is 0.303 e. The van der Waals surface area contributed by atoms with Gasteiger partial charge in [0.2, 0.25) is 5.88 Å². The van der Waals surface area contributed by atoms with Crippen molar-refractivity contribution in [2.24, 2.45) is 0 Å². The van der Waals surface area contributed by atoms with Gasteiger partial charge in [-0.3, -0.25) is 4.79 Å². The van der Waals surface area contributed by atoms with Gasteiger partial charge in [-0.05, 0) is 37.1 Å². The van der Waals surface area contributed by atoms with Crippen LogP contribution in [0.3, 0.4) is 0 Å². The number of aromatic nitrogens is 1. The highest BCUT2D eigenvalue weighted by Gasteiger charge is 2.24. The number of hydrogen-bond donors (Lipinski definition) is 1. The molecule has 1 aliphatic rings. The van der Waals surface area contributed by atoms with Crippen LogP contribution < -0.4 is 4.74 Å². The van der Waals surface area contributed by atoms with Gasteiger partial charge in [-0.1, -0.05) is 0 Å². The number of hydrogen-bond acceptors (Lipinski definition) is 5. The predicted octanol–water partition coefficient (Wildman–Crippen LogP) is 2.39. The third kappa shape index (κ3) is 3.82. The second kappa shape index (κ2) is 7.42. The van der Waals surface area contributed by atoms with Crippen molar-refractivity contribution >= 4 is 28.3 Å². The van der Waals surface area contributed by atoms with Crippen LogP contribution in [0.5, 0.6) is 5.88 Å². The third-order valence-corrected chi connectivity index (χ3v) is 6.36. The molecular formula is C16H18N2O4S2. The number of fused-ring (bicyclic) bond motifs is 1. The summed E-state index contributed by atoms with van der Waals surface area (Å²) in [4.78, 5) is 17.6. The van der Waals surface area contributed by atoms with Crippen molar-refractivity contribution in [3.63, 3.8) is 0 Å². The Morgan fingerprint density at radius 3 is 3.17 bits per heavy atom. The fraction of sp³-hybridized carbons (Fsp3) is 0.375. The van der Waals surface area contributed by atoms with Crippen LogP contribution in [0.1, 0.15) is 21.7 Å². The standard InChI is InChI=1S/C16H18N2O4S2/c1-11-12(9-13(23-11)4-5-15(19)20)10-18-7-8-22-16-14(24(18)21)3-2-6-17-16/h2-3,6,9H,4-5,7-8,10H2,1H3,(H,19,20). The molecule has 24 heavy (non-hydrogen) atoms. The largest absolute Gasteiger partial charge is 0.481 e. The lowest BCUT2D eigenvalue weighted by molar-refractivity contribution is -0.136. The van der Waals surface area contributed by atoms with Crippen LogP contribution in [0.4, 0.5) is 0 Å². The molecule has 0 fully saturated rings. The molecule has 2 aromatic rings. The first-order valence-electron chi connectivity index (χ1n) is 7.59. The Morgan fingerprint density at radius 1 is 1.54 bits per heavy atom. The molecule has 1 atom stereocenters. The molecule has 1 N–H and O–H groups in total. The normalized spacial score (nSPS) is 17.8. The lowest BCUT2D eigenvalue weighted by Crippen LogP contribution is -2.27. The summed E-state index contributed by atoms with van der Waals surface area (Å²) in [5, 5.41) is 8.81. The first kappa shape index (κ1) is 17.1. The van der Waals surface area contributed by atoms with Crippen molar-refractivity contribution in [3.05, 3.63) is 39.7 Å². The number of aliphatic carboxylic acids is 1. The minimum atomic E-state index is -1.32. The van der Waals surface area contributed by atoms with Crippen LogP contribution in [-0.4, -0.2) is 37.7 Å². The van der Waals surface area contributed by atoms with Gasteiger partial charge >= 0.3 is 5.97 Å². The summed E-state index contributed by atoms with van der Waals surface area (Å²) < 4.78 is 20.3. The van der Waals surface area contributed by atoms with Crippen molar-refractivity contribution in [3.8, 4) is 5.88 Å². The van der Waals surface area contributed by atoms with Crippen LogP contribution in [0.2, 0.25) is 0 Å². The number of thiophene rings is 1. The quantitative estimate of drug-likeness (QED) is 0.879. The van der Waals surface area contributed by atoms with Crippen molar-refractivity contribution in [2.75, 3.05) is 13.2 Å². The SMILES string of the molecule is Cc1sc(CCC(=O)O)cc1CN1CCOc2ncccc2S1=O. The summed E-state index contributed by atoms with van der Waals surface area (Å²) in [7, 11) is -1.32. The van der Waals surface area contributed by atoms with Gasteiger partial charge in [0.15, 0.2) is 0 Å². The maximum Gasteiger partial charge on any atom is 0.303 e. The number of carboxylic acid groups (broad SMARTS) is 1. The molecule has 0 saturated carbocycles. The number of carbonyl (C=O) groups is 1. The molecule has 0 bridgehead atoms. The zero-order valence-corrected chi connectivity index (χ0v) is 14.9. The molecule has 6 nitrogen and oxygen atoms in total. The molecular weight excluding hydrogens is 348 g/mol. The van der Waals surface area contributed by atoms with E-state index in [0.29, 0.717) is 36.9 Å². The number of carboxylic acids is 1. The zero-order valence-electron chi connectivity index (χ0n) is 13.2. The Morgan fingerprint density at radius 2 is 2.38 bits per heavy atom. The van der Waals surface area contributed by atoms with Crippen molar-refractivity contribution in [1.82, 2.24) is 9.29 Å². The maximum atomic E-state index is 12.8. The highest BCUT2D eigenvalue weighted by Crippen LogP contribution is 2.28. The monoisotopic (exact) mass is 366 g/mol. The van der Waals surface area contributed by atoms with Gasteiger partial charge in [0.05, 0.1) is 6.42 Å². The van der Waals surface area contributed by atoms with Gasteiger partial charge in [-0.15, -0.1) is 11.3 Å². The first-order chi connectivity index (χ1) is 11.5. The molecule has 0 amide bonds. The Bertz CT molecular complexity index is 775. The van der Waals surface area contributed by atoms with Gasteiger partial charge < -0.3 is 9.84 Å². The molecule has 0 spiro atoms. The summed E-state index contributed by atoms with van der Waals surface area (Å²) in [6, 6.07) is 5.55. The molecule has 128 valence electrons. The predicted molar refractivity (Wildman–Crippen MR) is 91.6 cm³/mol. The van der Waals surface area contributed by atoms with Gasteiger partial charge in [-0.2, -0.15) is 0 Å². The van der Waals surface area contributed by atoms with Crippen LogP contribution >= 0.6 is 11.3 Å². The molecule has 0 radical (unpaired) electrons. The number of pyridine rings is 1. The lowest BCUT2D eigenvalue weighted by Gasteiger charge is -2.17. The third-order valence-electron chi connectivity index (χ3n) is 3.74. The highest BCUT2D eigenvalue weighted by molar-refractivity contribution is 7.82. The first-order valence-corrected chi connectivity index (χ1v) is 9.51. The average molecular weight is 366 g/mol. The van der Waals surface area contributed by atoms with E-state index >= 15 is 0 Å². The summed E-state index contributed by atoms with van der Waals surface area (Å²) in [5.74, 6) is -0.361. The topological polar surface area (TPSA) is 79.7 Å². The second-order valence-electron chi connectivity index (χ2n) is 5.46. The molecule has 2 aromatic heterocycles. The number of aryl methyl sites for hydroxylation is 2. The molecule has 1 unspecified atom stereocenters. The van der Waals surface area contributed by atoms with E-state index in [9.17, 15) is 9.00 Å². The van der Waals surface area contributed by atoms with Crippen LogP contribution in [0.15, 0.2) is 29.3 Å². The van der Waals surface area contributed by atoms with Crippen molar-refractivity contribution < 1.29 is 18.8 Å². The van der Waals surface area contributed by atoms with Crippen molar-refractivity contribution in [2.45, 2.75) is 31.2 Å². The number of rotatable bonds is 5. The number of ether oxygens (including phenoxy) is 1. The minimum absolute atomic E-state index is 0.127. The van der Waals surface area contributed by atoms with Gasteiger partial charge in [-0.25, -0.2) is 13.5 Å². The van der Waals surface area contributed by atoms with Gasteiger partial charge in [0.25, 0.3) is 0 Å². The van der Waals surface area contributed by atoms with Crippen LogP contribution in [0.25, 0.3) is 0 Å². The van der Waals surface area contributed by atoms with E-state index in [1.54, 1.807) is 29.7 Å². The van der Waals surface area contributed by atoms with E-state index in [2.05, 4.69) is 4.98 Å². The maximum absolute atomic E-state index is 12.8. The Hall–Kier alpha value is -1.77. The Labute approximate surface area is 146 Å². The molecule has 0 saturated heterocycles. The molecule has 3 heterocycles. The van der Waals surface area contributed by atoms with Gasteiger partial charge in [0.1, 0.15) is 22.5 Å². The molecule has 0 aromatic carbocycles. The van der Waals surface area contributed by atoms with E-state index in [1.165, 1.54) is 0 Å². The average Bonchev–Trinajstić information content (AvgIpc) is 2.83. The Kier molecular flexibility index (Phi) is 5.27. The van der Waals surface area contributed by atoms with Crippen molar-refractivity contribution in [1.29, 1.82) is 0 Å². The molecule has 3 rings (SSSR count). The van der Waals surface area contributed by atoms with E-state index < -0.39 is 17.0 Å². The summed E-state index contributed by atoms with van der Waals surface area (Å²) >= 11 is 1.60. The zero-order chi connectivity index (χ0) is 17.1. The van der Waals surface area contributed by atoms with Crippen LogP contribution in [-0.2, 0) is 28.7 Å². The number of nitrogens with zero attached hydrogens (tertiary/aromatic N) is 2. The Balaban J connectivity index is 1.76. The van der Waals surface area contributed by atoms with E-state index in [1.807, 2.05) is 17.3 Å². The van der Waals surface area contributed by atoms with Gasteiger partial charge in [0, 0.05) is 29.0 Å². The molecule has 1 aliphatic heterocycles. The van der Waals surface area contributed by atoms with Crippen LogP contribution in [0, 0.1) is 6.92 Å². The molecule has 8 heteroatoms. The minimum Gasteiger partial charge on any atom is -0.481 e. The van der Waals surface area contributed by atoms with E-state index in [-0.39, 0.29) is 6.42 Å². The van der Waals surface area contributed by atoms with E-state index in [0.717, 1.165) is 15.3 Å². The summed E-state index contributed by atoms with van der Waals surface area (Å²) in [6.45, 7) is 3.53. The highest BCUT2D eigenvalue weighted by atomic mass is 32.2. The lowest BCUT2D eigenvalue weighted by atomic mass is 10.2. The second-order valence-corrected chi connectivity index (χ2v) is 8.25. The van der Waals surface area contributed by atoms with E-state index in [4.69, 9.17) is 9.84 Å². The molecule has 0 aliphatic carbocycles.